The number of nitrogens with two attached hydrogens (primary N) is 1. The zero-order valence-corrected chi connectivity index (χ0v) is 11.4. The highest BCUT2D eigenvalue weighted by Gasteiger charge is 2.18. The van der Waals surface area contributed by atoms with Gasteiger partial charge in [-0.15, -0.1) is 0 Å². The van der Waals surface area contributed by atoms with Gasteiger partial charge >= 0.3 is 12.1 Å². The second-order valence-electron chi connectivity index (χ2n) is 3.50. The number of aliphatic hydroxyl groups excluding tert-OH is 1. The van der Waals surface area contributed by atoms with Crippen LogP contribution >= 0.6 is 0 Å². The summed E-state index contributed by atoms with van der Waals surface area (Å²) in [5.41, 5.74) is 4.48. The number of hydrogen-bond donors (Lipinski definition) is 4. The van der Waals surface area contributed by atoms with Crippen LogP contribution in [0, 0.1) is 5.41 Å². The zero-order valence-electron chi connectivity index (χ0n) is 11.4. The van der Waals surface area contributed by atoms with E-state index in [4.69, 9.17) is 21.0 Å². The third kappa shape index (κ3) is 4.38. The highest BCUT2D eigenvalue weighted by atomic mass is 16.6. The first kappa shape index (κ1) is 16.8. The van der Waals surface area contributed by atoms with Crippen LogP contribution in [0.3, 0.4) is 0 Å². The maximum Gasteiger partial charge on any atom is 0.422 e. The van der Waals surface area contributed by atoms with Gasteiger partial charge in [-0.1, -0.05) is 17.3 Å². The molecule has 2 aromatic rings. The molecule has 0 unspecified atom stereocenters. The lowest BCUT2D eigenvalue weighted by atomic mass is 10.1. The van der Waals surface area contributed by atoms with Crippen molar-refractivity contribution >= 4 is 17.6 Å². The van der Waals surface area contributed by atoms with Crippen LogP contribution in [0.4, 0.5) is 4.79 Å². The predicted octanol–water partition coefficient (Wildman–Crippen LogP) is 0.0332. The van der Waals surface area contributed by atoms with Gasteiger partial charge in [0.05, 0.1) is 0 Å². The SMILES string of the molecule is CO.N=C(C(=O)NC(N)=O)c1ccccc1Oc1ncno1. The highest BCUT2D eigenvalue weighted by molar-refractivity contribution is 6.46. The summed E-state index contributed by atoms with van der Waals surface area (Å²) in [6.07, 6.45) is 1.00. The van der Waals surface area contributed by atoms with Crippen LogP contribution in [0.15, 0.2) is 35.1 Å². The summed E-state index contributed by atoms with van der Waals surface area (Å²) in [4.78, 5) is 25.8. The number of benzene rings is 1. The van der Waals surface area contributed by atoms with Crippen molar-refractivity contribution in [3.63, 3.8) is 0 Å². The first-order valence-electron chi connectivity index (χ1n) is 5.76. The topological polar surface area (TPSA) is 164 Å². The Morgan fingerprint density at radius 3 is 2.64 bits per heavy atom. The molecule has 0 spiro atoms. The molecule has 0 aliphatic rings. The lowest BCUT2D eigenvalue weighted by Crippen LogP contribution is -2.39. The molecule has 5 N–H and O–H groups in total. The van der Waals surface area contributed by atoms with Gasteiger partial charge in [0.25, 0.3) is 5.91 Å². The molecule has 0 saturated carbocycles. The molecule has 0 fully saturated rings. The largest absolute Gasteiger partial charge is 0.422 e. The second-order valence-corrected chi connectivity index (χ2v) is 3.50. The molecule has 0 radical (unpaired) electrons. The first-order valence-corrected chi connectivity index (χ1v) is 5.76. The lowest BCUT2D eigenvalue weighted by molar-refractivity contribution is -0.113. The molecular weight excluding hydrogens is 294 g/mol. The molecule has 1 heterocycles. The van der Waals surface area contributed by atoms with Gasteiger partial charge in [-0.25, -0.2) is 4.79 Å². The number of amides is 3. The van der Waals surface area contributed by atoms with Crippen LogP contribution in [0.2, 0.25) is 0 Å². The van der Waals surface area contributed by atoms with E-state index in [0.717, 1.165) is 13.4 Å². The fourth-order valence-electron chi connectivity index (χ4n) is 1.36. The molecular formula is C12H13N5O5. The molecule has 1 aromatic heterocycles. The summed E-state index contributed by atoms with van der Waals surface area (Å²) in [7, 11) is 1.00. The summed E-state index contributed by atoms with van der Waals surface area (Å²) in [5.74, 6) is -0.791. The number of nitrogens with one attached hydrogen (secondary N) is 2. The van der Waals surface area contributed by atoms with E-state index < -0.39 is 17.6 Å². The number of rotatable bonds is 4. The second kappa shape index (κ2) is 8.11. The van der Waals surface area contributed by atoms with Crippen molar-refractivity contribution in [2.75, 3.05) is 7.11 Å². The maximum absolute atomic E-state index is 11.6. The number of urea groups is 1. The molecule has 10 heteroatoms. The number of imide groups is 1. The molecule has 0 aliphatic heterocycles. The van der Waals surface area contributed by atoms with Gasteiger partial charge in [0.15, 0.2) is 6.33 Å². The molecule has 3 amide bonds. The molecule has 1 aromatic carbocycles. The van der Waals surface area contributed by atoms with Crippen LogP contribution in [0.25, 0.3) is 0 Å². The Kier molecular flexibility index (Phi) is 6.19. The Bertz CT molecular complexity index is 656. The molecule has 2 rings (SSSR count). The van der Waals surface area contributed by atoms with Gasteiger partial charge in [0.1, 0.15) is 11.5 Å². The highest BCUT2D eigenvalue weighted by Crippen LogP contribution is 2.23. The van der Waals surface area contributed by atoms with Crippen LogP contribution in [-0.4, -0.2) is 40.0 Å². The van der Waals surface area contributed by atoms with E-state index in [1.807, 2.05) is 0 Å². The third-order valence-corrected chi connectivity index (χ3v) is 2.16. The summed E-state index contributed by atoms with van der Waals surface area (Å²) < 4.78 is 9.92. The van der Waals surface area contributed by atoms with Crippen molar-refractivity contribution in [1.82, 2.24) is 15.5 Å². The summed E-state index contributed by atoms with van der Waals surface area (Å²) in [6.45, 7) is 0. The Balaban J connectivity index is 0.00000116. The Morgan fingerprint density at radius 2 is 2.05 bits per heavy atom. The monoisotopic (exact) mass is 307 g/mol. The van der Waals surface area contributed by atoms with Gasteiger partial charge < -0.3 is 15.6 Å². The van der Waals surface area contributed by atoms with E-state index in [1.165, 1.54) is 12.1 Å². The number of aromatic nitrogens is 2. The number of hydrogen-bond acceptors (Lipinski definition) is 8. The molecule has 0 aliphatic carbocycles. The fraction of sp³-hybridized carbons (Fsp3) is 0.0833. The Labute approximate surface area is 124 Å². The standard InChI is InChI=1S/C11H9N5O4.CH4O/c12-8(9(17)16-10(13)18)6-3-1-2-4-7(6)19-11-14-5-15-20-11;1-2/h1-5,12H,(H3,13,16,17,18);2H,1H3. The average molecular weight is 307 g/mol. The van der Waals surface area contributed by atoms with E-state index in [2.05, 4.69) is 14.7 Å². The van der Waals surface area contributed by atoms with Crippen molar-refractivity contribution in [2.45, 2.75) is 0 Å². The van der Waals surface area contributed by atoms with Crippen molar-refractivity contribution in [2.24, 2.45) is 5.73 Å². The Hall–Kier alpha value is -3.27. The van der Waals surface area contributed by atoms with E-state index >= 15 is 0 Å². The molecule has 0 atom stereocenters. The third-order valence-electron chi connectivity index (χ3n) is 2.16. The summed E-state index contributed by atoms with van der Waals surface area (Å²) >= 11 is 0. The molecule has 22 heavy (non-hydrogen) atoms. The van der Waals surface area contributed by atoms with Crippen molar-refractivity contribution in [3.8, 4) is 11.8 Å². The number of primary amides is 1. The van der Waals surface area contributed by atoms with Gasteiger partial charge in [0.2, 0.25) is 0 Å². The number of para-hydroxylation sites is 1. The van der Waals surface area contributed by atoms with Crippen molar-refractivity contribution in [3.05, 3.63) is 36.2 Å². The molecule has 10 nitrogen and oxygen atoms in total. The summed E-state index contributed by atoms with van der Waals surface area (Å²) in [5, 5.41) is 19.9. The average Bonchev–Trinajstić information content (AvgIpc) is 3.01. The zero-order chi connectivity index (χ0) is 16.5. The maximum atomic E-state index is 11.6. The van der Waals surface area contributed by atoms with E-state index in [-0.39, 0.29) is 17.4 Å². The minimum absolute atomic E-state index is 0.138. The van der Waals surface area contributed by atoms with Gasteiger partial charge in [0, 0.05) is 12.7 Å². The number of carbonyl (C=O) groups is 2. The first-order chi connectivity index (χ1) is 10.6. The van der Waals surface area contributed by atoms with Gasteiger partial charge in [-0.05, 0) is 12.1 Å². The van der Waals surface area contributed by atoms with Crippen molar-refractivity contribution in [1.29, 1.82) is 5.41 Å². The van der Waals surface area contributed by atoms with Gasteiger partial charge in [-0.3, -0.25) is 20.0 Å². The van der Waals surface area contributed by atoms with Gasteiger partial charge in [-0.2, -0.15) is 4.98 Å². The smallest absolute Gasteiger partial charge is 0.409 e. The normalized spacial score (nSPS) is 9.18. The van der Waals surface area contributed by atoms with E-state index in [9.17, 15) is 9.59 Å². The van der Waals surface area contributed by atoms with Crippen LogP contribution < -0.4 is 15.8 Å². The molecule has 116 valence electrons. The fourth-order valence-corrected chi connectivity index (χ4v) is 1.36. The summed E-state index contributed by atoms with van der Waals surface area (Å²) in [6, 6.07) is 5.16. The van der Waals surface area contributed by atoms with Crippen LogP contribution in [0.5, 0.6) is 11.8 Å². The minimum atomic E-state index is -1.05. The molecule has 0 saturated heterocycles. The van der Waals surface area contributed by atoms with Crippen molar-refractivity contribution < 1.29 is 24.0 Å². The van der Waals surface area contributed by atoms with E-state index in [0.29, 0.717) is 0 Å². The number of ether oxygens (including phenoxy) is 1. The minimum Gasteiger partial charge on any atom is -0.409 e. The van der Waals surface area contributed by atoms with E-state index in [1.54, 1.807) is 17.4 Å². The molecule has 0 bridgehead atoms. The van der Waals surface area contributed by atoms with Crippen LogP contribution in [0.1, 0.15) is 5.56 Å². The number of carbonyl (C=O) groups excluding carboxylic acids is 2. The lowest BCUT2D eigenvalue weighted by Gasteiger charge is -2.08. The Morgan fingerprint density at radius 1 is 1.36 bits per heavy atom. The number of nitrogens with zero attached hydrogens (tertiary/aromatic N) is 2. The number of aliphatic hydroxyl groups is 1. The van der Waals surface area contributed by atoms with Crippen LogP contribution in [-0.2, 0) is 4.79 Å². The predicted molar refractivity (Wildman–Crippen MR) is 73.5 cm³/mol. The quantitative estimate of drug-likeness (QED) is 0.578.